The molecule has 0 aliphatic rings. The zero-order valence-electron chi connectivity index (χ0n) is 9.79. The van der Waals surface area contributed by atoms with Crippen LogP contribution in [0.25, 0.3) is 10.2 Å². The van der Waals surface area contributed by atoms with E-state index < -0.39 is 0 Å². The second-order valence-electron chi connectivity index (χ2n) is 4.65. The molecule has 2 rings (SSSR count). The lowest BCUT2D eigenvalue weighted by atomic mass is 9.82. The predicted octanol–water partition coefficient (Wildman–Crippen LogP) is 4.29. The first-order valence-corrected chi connectivity index (χ1v) is 6.22. The van der Waals surface area contributed by atoms with Gasteiger partial charge in [-0.2, -0.15) is 0 Å². The summed E-state index contributed by atoms with van der Waals surface area (Å²) in [4.78, 5) is 4.48. The first-order chi connectivity index (χ1) is 7.03. The highest BCUT2D eigenvalue weighted by Gasteiger charge is 2.18. The smallest absolute Gasteiger partial charge is 0.0907 e. The van der Waals surface area contributed by atoms with Crippen molar-refractivity contribution in [2.75, 3.05) is 0 Å². The molecule has 0 bridgehead atoms. The van der Waals surface area contributed by atoms with E-state index >= 15 is 0 Å². The Kier molecular flexibility index (Phi) is 2.55. The molecule has 0 atom stereocenters. The molecule has 0 saturated carbocycles. The molecule has 0 amide bonds. The van der Waals surface area contributed by atoms with Crippen LogP contribution < -0.4 is 0 Å². The second-order valence-corrected chi connectivity index (χ2v) is 5.89. The summed E-state index contributed by atoms with van der Waals surface area (Å²) in [6.07, 6.45) is 1.16. The molecule has 1 aromatic heterocycles. The van der Waals surface area contributed by atoms with Gasteiger partial charge in [-0.15, -0.1) is 11.3 Å². The number of rotatable bonds is 2. The zero-order chi connectivity index (χ0) is 11.1. The van der Waals surface area contributed by atoms with Gasteiger partial charge in [-0.3, -0.25) is 0 Å². The molecule has 1 aromatic carbocycles. The first-order valence-electron chi connectivity index (χ1n) is 5.40. The highest BCUT2D eigenvalue weighted by molar-refractivity contribution is 7.18. The summed E-state index contributed by atoms with van der Waals surface area (Å²) in [6, 6.07) is 6.65. The van der Waals surface area contributed by atoms with Crippen LogP contribution in [-0.4, -0.2) is 4.98 Å². The van der Waals surface area contributed by atoms with Crippen LogP contribution in [0.5, 0.6) is 0 Å². The van der Waals surface area contributed by atoms with Crippen LogP contribution in [0.3, 0.4) is 0 Å². The molecule has 0 aliphatic heterocycles. The van der Waals surface area contributed by atoms with Gasteiger partial charge in [0, 0.05) is 0 Å². The normalized spacial score (nSPS) is 12.3. The lowest BCUT2D eigenvalue weighted by Crippen LogP contribution is -2.14. The van der Waals surface area contributed by atoms with E-state index in [0.717, 1.165) is 16.9 Å². The van der Waals surface area contributed by atoms with Crippen LogP contribution in [0.2, 0.25) is 0 Å². The molecule has 0 saturated heterocycles. The average Bonchev–Trinajstić information content (AvgIpc) is 2.56. The number of aromatic nitrogens is 1. The highest BCUT2D eigenvalue weighted by Crippen LogP contribution is 2.31. The molecule has 1 heterocycles. The van der Waals surface area contributed by atoms with Gasteiger partial charge >= 0.3 is 0 Å². The van der Waals surface area contributed by atoms with E-state index in [0.29, 0.717) is 0 Å². The number of benzene rings is 1. The van der Waals surface area contributed by atoms with Crippen LogP contribution in [0, 0.1) is 6.92 Å². The minimum Gasteiger partial charge on any atom is -0.242 e. The van der Waals surface area contributed by atoms with Crippen molar-refractivity contribution in [1.82, 2.24) is 4.98 Å². The zero-order valence-corrected chi connectivity index (χ0v) is 10.6. The van der Waals surface area contributed by atoms with E-state index in [4.69, 9.17) is 0 Å². The minimum atomic E-state index is 0.270. The summed E-state index contributed by atoms with van der Waals surface area (Å²) in [5, 5.41) is 1.15. The van der Waals surface area contributed by atoms with Crippen LogP contribution in [0.15, 0.2) is 18.2 Å². The second kappa shape index (κ2) is 3.60. The molecular formula is C13H17NS. The van der Waals surface area contributed by atoms with Gasteiger partial charge in [0.1, 0.15) is 0 Å². The molecule has 0 unspecified atom stereocenters. The Hall–Kier alpha value is -0.890. The van der Waals surface area contributed by atoms with Crippen molar-refractivity contribution in [1.29, 1.82) is 0 Å². The Morgan fingerprint density at radius 2 is 2.07 bits per heavy atom. The van der Waals surface area contributed by atoms with E-state index in [2.05, 4.69) is 50.9 Å². The summed E-state index contributed by atoms with van der Waals surface area (Å²) in [7, 11) is 0. The maximum atomic E-state index is 4.48. The van der Waals surface area contributed by atoms with Crippen LogP contribution in [-0.2, 0) is 5.41 Å². The first kappa shape index (κ1) is 10.6. The molecule has 80 valence electrons. The largest absolute Gasteiger partial charge is 0.242 e. The molecule has 0 fully saturated rings. The summed E-state index contributed by atoms with van der Waals surface area (Å²) in [6.45, 7) is 8.89. The van der Waals surface area contributed by atoms with E-state index in [1.165, 1.54) is 10.3 Å². The fourth-order valence-corrected chi connectivity index (χ4v) is 2.53. The quantitative estimate of drug-likeness (QED) is 0.734. The van der Waals surface area contributed by atoms with Gasteiger partial charge in [0.15, 0.2) is 0 Å². The third-order valence-corrected chi connectivity index (χ3v) is 4.09. The van der Waals surface area contributed by atoms with Gasteiger partial charge in [0.25, 0.3) is 0 Å². The predicted molar refractivity (Wildman–Crippen MR) is 67.7 cm³/mol. The van der Waals surface area contributed by atoms with Crippen molar-refractivity contribution < 1.29 is 0 Å². The molecule has 15 heavy (non-hydrogen) atoms. The highest BCUT2D eigenvalue weighted by atomic mass is 32.1. The van der Waals surface area contributed by atoms with Gasteiger partial charge in [-0.1, -0.05) is 26.8 Å². The van der Waals surface area contributed by atoms with Crippen molar-refractivity contribution >= 4 is 21.6 Å². The minimum absolute atomic E-state index is 0.270. The van der Waals surface area contributed by atoms with Crippen molar-refractivity contribution in [3.05, 3.63) is 28.8 Å². The fraction of sp³-hybridized carbons (Fsp3) is 0.462. The lowest BCUT2D eigenvalue weighted by molar-refractivity contribution is 0.507. The summed E-state index contributed by atoms with van der Waals surface area (Å²) < 4.78 is 1.31. The van der Waals surface area contributed by atoms with Crippen LogP contribution >= 0.6 is 11.3 Å². The topological polar surface area (TPSA) is 12.9 Å². The third kappa shape index (κ3) is 1.91. The number of aryl methyl sites for hydroxylation is 1. The van der Waals surface area contributed by atoms with Gasteiger partial charge in [0.05, 0.1) is 15.2 Å². The lowest BCUT2D eigenvalue weighted by Gasteiger charge is -2.23. The monoisotopic (exact) mass is 219 g/mol. The summed E-state index contributed by atoms with van der Waals surface area (Å²) in [5.41, 5.74) is 2.82. The van der Waals surface area contributed by atoms with Gasteiger partial charge in [-0.05, 0) is 36.5 Å². The Labute approximate surface area is 95.2 Å². The number of fused-ring (bicyclic) bond motifs is 1. The molecule has 1 nitrogen and oxygen atoms in total. The molecule has 0 N–H and O–H groups in total. The summed E-state index contributed by atoms with van der Waals surface area (Å²) >= 11 is 1.78. The molecule has 0 aliphatic carbocycles. The maximum absolute atomic E-state index is 4.48. The standard InChI is InChI=1S/C13H17NS/c1-5-13(3,4)10-6-7-11-12(8-10)15-9(2)14-11/h6-8H,5H2,1-4H3. The fourth-order valence-electron chi connectivity index (χ4n) is 1.66. The number of hydrogen-bond donors (Lipinski definition) is 0. The maximum Gasteiger partial charge on any atom is 0.0907 e. The van der Waals surface area contributed by atoms with Crippen LogP contribution in [0.4, 0.5) is 0 Å². The Balaban J connectivity index is 2.55. The Morgan fingerprint density at radius 3 is 2.73 bits per heavy atom. The van der Waals surface area contributed by atoms with Gasteiger partial charge in [-0.25, -0.2) is 4.98 Å². The van der Waals surface area contributed by atoms with E-state index in [1.54, 1.807) is 11.3 Å². The van der Waals surface area contributed by atoms with Gasteiger partial charge in [0.2, 0.25) is 0 Å². The number of nitrogens with zero attached hydrogens (tertiary/aromatic N) is 1. The van der Waals surface area contributed by atoms with Crippen molar-refractivity contribution in [3.63, 3.8) is 0 Å². The van der Waals surface area contributed by atoms with Crippen molar-refractivity contribution in [3.8, 4) is 0 Å². The average molecular weight is 219 g/mol. The third-order valence-electron chi connectivity index (χ3n) is 3.16. The van der Waals surface area contributed by atoms with E-state index in [9.17, 15) is 0 Å². The molecule has 0 spiro atoms. The van der Waals surface area contributed by atoms with Crippen molar-refractivity contribution in [2.24, 2.45) is 0 Å². The molecule has 0 radical (unpaired) electrons. The van der Waals surface area contributed by atoms with Crippen molar-refractivity contribution in [2.45, 2.75) is 39.5 Å². The Morgan fingerprint density at radius 1 is 1.33 bits per heavy atom. The number of hydrogen-bond acceptors (Lipinski definition) is 2. The Bertz CT molecular complexity index is 482. The SMILES string of the molecule is CCC(C)(C)c1ccc2nc(C)sc2c1. The molecule has 2 aromatic rings. The van der Waals surface area contributed by atoms with E-state index in [-0.39, 0.29) is 5.41 Å². The van der Waals surface area contributed by atoms with E-state index in [1.807, 2.05) is 0 Å². The summed E-state index contributed by atoms with van der Waals surface area (Å²) in [5.74, 6) is 0. The van der Waals surface area contributed by atoms with Crippen LogP contribution in [0.1, 0.15) is 37.8 Å². The number of thiazole rings is 1. The molecular weight excluding hydrogens is 202 g/mol. The van der Waals surface area contributed by atoms with Gasteiger partial charge < -0.3 is 0 Å². The molecule has 2 heteroatoms.